The zero-order valence-corrected chi connectivity index (χ0v) is 22.9. The lowest BCUT2D eigenvalue weighted by atomic mass is 9.93. The summed E-state index contributed by atoms with van der Waals surface area (Å²) in [5, 5.41) is 17.2. The average Bonchev–Trinajstić information content (AvgIpc) is 3.52. The molecule has 3 aromatic rings. The SMILES string of the molecule is O=c1c2nc(OCC34CCCN3CCC4)nc(N3CC4CCC3CN4)c2cnn1-c1cc(O)cc(Cl)c1C(F)(F)F. The molecular formula is C27H29ClF3N7O3. The van der Waals surface area contributed by atoms with Crippen molar-refractivity contribution in [1.29, 1.82) is 0 Å². The van der Waals surface area contributed by atoms with Crippen molar-refractivity contribution in [3.63, 3.8) is 0 Å². The molecule has 2 aromatic heterocycles. The Morgan fingerprint density at radius 1 is 1.17 bits per heavy atom. The van der Waals surface area contributed by atoms with Crippen molar-refractivity contribution in [2.75, 3.05) is 37.7 Å². The highest BCUT2D eigenvalue weighted by molar-refractivity contribution is 6.31. The summed E-state index contributed by atoms with van der Waals surface area (Å²) in [5.74, 6) is -0.0527. The van der Waals surface area contributed by atoms with E-state index >= 15 is 0 Å². The van der Waals surface area contributed by atoms with Gasteiger partial charge in [-0.1, -0.05) is 11.6 Å². The zero-order chi connectivity index (χ0) is 28.5. The molecule has 1 aromatic carbocycles. The van der Waals surface area contributed by atoms with Gasteiger partial charge in [0.2, 0.25) is 0 Å². The molecular weight excluding hydrogens is 563 g/mol. The maximum Gasteiger partial charge on any atom is 0.419 e. The number of nitrogens with zero attached hydrogens (tertiary/aromatic N) is 6. The number of piperazine rings is 1. The number of rotatable bonds is 5. The molecule has 8 rings (SSSR count). The molecule has 5 aliphatic heterocycles. The van der Waals surface area contributed by atoms with Gasteiger partial charge >= 0.3 is 12.2 Å². The average molecular weight is 592 g/mol. The Kier molecular flexibility index (Phi) is 6.32. The van der Waals surface area contributed by atoms with Gasteiger partial charge in [-0.25, -0.2) is 0 Å². The molecule has 7 heterocycles. The Labute approximate surface area is 238 Å². The van der Waals surface area contributed by atoms with Gasteiger partial charge < -0.3 is 20.1 Å². The zero-order valence-electron chi connectivity index (χ0n) is 22.1. The Bertz CT molecular complexity index is 1560. The number of hydrogen-bond donors (Lipinski definition) is 2. The smallest absolute Gasteiger partial charge is 0.419 e. The number of ether oxygens (including phenoxy) is 1. The summed E-state index contributed by atoms with van der Waals surface area (Å²) in [4.78, 5) is 27.6. The minimum Gasteiger partial charge on any atom is -0.508 e. The number of nitrogens with one attached hydrogen (secondary N) is 1. The van der Waals surface area contributed by atoms with Gasteiger partial charge in [0.1, 0.15) is 29.3 Å². The van der Waals surface area contributed by atoms with Crippen molar-refractivity contribution in [3.8, 4) is 17.4 Å². The monoisotopic (exact) mass is 591 g/mol. The first-order valence-corrected chi connectivity index (χ1v) is 14.3. The van der Waals surface area contributed by atoms with Gasteiger partial charge in [0.25, 0.3) is 5.56 Å². The summed E-state index contributed by atoms with van der Waals surface area (Å²) in [6.45, 7) is 3.82. The van der Waals surface area contributed by atoms with E-state index in [-0.39, 0.29) is 29.1 Å². The standard InChI is InChI=1S/C27H29ClF3N7O3/c28-19-9-17(39)10-20(21(19)27(29,30)31)38-24(40)22-18(12-33-38)23(37-13-15-3-4-16(37)11-32-15)35-25(34-22)41-14-26-5-1-7-36(26)8-2-6-26/h9-10,12,15-16,32,39H,1-8,11,13-14H2. The highest BCUT2D eigenvalue weighted by Crippen LogP contribution is 2.41. The number of hydrogen-bond acceptors (Lipinski definition) is 9. The normalized spacial score (nSPS) is 23.9. The van der Waals surface area contributed by atoms with Gasteiger partial charge in [-0.15, -0.1) is 0 Å². The van der Waals surface area contributed by atoms with E-state index in [0.29, 0.717) is 29.0 Å². The van der Waals surface area contributed by atoms with Gasteiger partial charge in [-0.2, -0.15) is 32.9 Å². The minimum absolute atomic E-state index is 0.00914. The lowest BCUT2D eigenvalue weighted by Crippen LogP contribution is -2.61. The second-order valence-corrected chi connectivity index (χ2v) is 11.9. The third-order valence-electron chi connectivity index (χ3n) is 9.07. The van der Waals surface area contributed by atoms with E-state index < -0.39 is 33.8 Å². The van der Waals surface area contributed by atoms with E-state index in [1.165, 1.54) is 6.20 Å². The molecule has 2 N–H and O–H groups in total. The number of fused-ring (bicyclic) bond motifs is 5. The van der Waals surface area contributed by atoms with Gasteiger partial charge in [0.15, 0.2) is 0 Å². The molecule has 0 spiro atoms. The first-order chi connectivity index (χ1) is 19.6. The second-order valence-electron chi connectivity index (χ2n) is 11.5. The molecule has 2 unspecified atom stereocenters. The van der Waals surface area contributed by atoms with Crippen LogP contribution in [-0.4, -0.2) is 80.2 Å². The molecule has 2 atom stereocenters. The molecule has 5 aliphatic rings. The summed E-state index contributed by atoms with van der Waals surface area (Å²) in [7, 11) is 0. The molecule has 14 heteroatoms. The second kappa shape index (κ2) is 9.70. The van der Waals surface area contributed by atoms with Crippen LogP contribution in [0, 0.1) is 0 Å². The third-order valence-corrected chi connectivity index (χ3v) is 9.37. The fourth-order valence-electron chi connectivity index (χ4n) is 7.10. The van der Waals surface area contributed by atoms with Crippen molar-refractivity contribution in [1.82, 2.24) is 30.0 Å². The quantitative estimate of drug-likeness (QED) is 0.461. The summed E-state index contributed by atoms with van der Waals surface area (Å²) in [6, 6.07) is 2.00. The highest BCUT2D eigenvalue weighted by Gasteiger charge is 2.45. The molecule has 5 fully saturated rings. The molecule has 0 saturated carbocycles. The van der Waals surface area contributed by atoms with Crippen LogP contribution in [0.1, 0.15) is 44.1 Å². The van der Waals surface area contributed by atoms with E-state index in [1.54, 1.807) is 0 Å². The fraction of sp³-hybridized carbons (Fsp3) is 0.556. The predicted molar refractivity (Wildman–Crippen MR) is 145 cm³/mol. The van der Waals surface area contributed by atoms with Crippen LogP contribution in [0.15, 0.2) is 23.1 Å². The van der Waals surface area contributed by atoms with E-state index in [4.69, 9.17) is 21.3 Å². The van der Waals surface area contributed by atoms with Crippen molar-refractivity contribution in [3.05, 3.63) is 39.3 Å². The first-order valence-electron chi connectivity index (χ1n) is 13.9. The van der Waals surface area contributed by atoms with E-state index in [1.807, 2.05) is 0 Å². The minimum atomic E-state index is -4.91. The van der Waals surface area contributed by atoms with Crippen LogP contribution in [-0.2, 0) is 6.18 Å². The van der Waals surface area contributed by atoms with Crippen molar-refractivity contribution >= 4 is 28.3 Å². The largest absolute Gasteiger partial charge is 0.508 e. The van der Waals surface area contributed by atoms with Crippen LogP contribution in [0.2, 0.25) is 5.02 Å². The fourth-order valence-corrected chi connectivity index (χ4v) is 7.41. The number of anilines is 1. The number of aromatic nitrogens is 4. The van der Waals surface area contributed by atoms with Gasteiger partial charge in [0.05, 0.1) is 27.8 Å². The molecule has 2 bridgehead atoms. The van der Waals surface area contributed by atoms with Crippen LogP contribution in [0.3, 0.4) is 0 Å². The molecule has 218 valence electrons. The van der Waals surface area contributed by atoms with Gasteiger partial charge in [0, 0.05) is 31.2 Å². The third kappa shape index (κ3) is 4.49. The molecule has 0 amide bonds. The number of aromatic hydroxyl groups is 1. The van der Waals surface area contributed by atoms with E-state index in [9.17, 15) is 23.1 Å². The number of phenols is 1. The molecule has 0 aliphatic carbocycles. The number of halogens is 4. The van der Waals surface area contributed by atoms with E-state index in [2.05, 4.69) is 25.2 Å². The summed E-state index contributed by atoms with van der Waals surface area (Å²) in [5.41, 5.74) is -3.08. The summed E-state index contributed by atoms with van der Waals surface area (Å²) >= 11 is 5.89. The Hall–Kier alpha value is -3.16. The topological polar surface area (TPSA) is 109 Å². The van der Waals surface area contributed by atoms with Gasteiger partial charge in [-0.3, -0.25) is 9.69 Å². The molecule has 10 nitrogen and oxygen atoms in total. The Morgan fingerprint density at radius 3 is 2.61 bits per heavy atom. The van der Waals surface area contributed by atoms with Crippen LogP contribution < -0.4 is 20.5 Å². The maximum atomic E-state index is 14.0. The molecule has 5 saturated heterocycles. The predicted octanol–water partition coefficient (Wildman–Crippen LogP) is 3.50. The number of benzene rings is 1. The number of piperidine rings is 2. The van der Waals surface area contributed by atoms with E-state index in [0.717, 1.165) is 70.3 Å². The lowest BCUT2D eigenvalue weighted by molar-refractivity contribution is -0.137. The molecule has 0 radical (unpaired) electrons. The van der Waals surface area contributed by atoms with Crippen LogP contribution in [0.5, 0.6) is 11.8 Å². The van der Waals surface area contributed by atoms with Crippen molar-refractivity contribution < 1.29 is 23.0 Å². The maximum absolute atomic E-state index is 14.0. The summed E-state index contributed by atoms with van der Waals surface area (Å²) in [6.07, 6.45) is 2.54. The van der Waals surface area contributed by atoms with Crippen LogP contribution >= 0.6 is 11.6 Å². The number of phenolic OH excluding ortho intramolecular Hbond substituents is 1. The highest BCUT2D eigenvalue weighted by atomic mass is 35.5. The van der Waals surface area contributed by atoms with Crippen LogP contribution in [0.25, 0.3) is 16.6 Å². The number of alkyl halides is 3. The van der Waals surface area contributed by atoms with Crippen molar-refractivity contribution in [2.45, 2.75) is 62.3 Å². The van der Waals surface area contributed by atoms with Crippen molar-refractivity contribution in [2.24, 2.45) is 0 Å². The molecule has 41 heavy (non-hydrogen) atoms. The lowest BCUT2D eigenvalue weighted by Gasteiger charge is -2.46. The Balaban J connectivity index is 1.37. The summed E-state index contributed by atoms with van der Waals surface area (Å²) < 4.78 is 48.8. The Morgan fingerprint density at radius 2 is 1.95 bits per heavy atom. The van der Waals surface area contributed by atoms with Crippen LogP contribution in [0.4, 0.5) is 19.0 Å². The van der Waals surface area contributed by atoms with Gasteiger partial charge in [-0.05, 0) is 57.7 Å². The first kappa shape index (κ1) is 26.7.